The lowest BCUT2D eigenvalue weighted by atomic mass is 9.51. The first-order valence-corrected chi connectivity index (χ1v) is 9.71. The zero-order valence-electron chi connectivity index (χ0n) is 14.6. The predicted molar refractivity (Wildman–Crippen MR) is 94.6 cm³/mol. The van der Waals surface area contributed by atoms with Crippen LogP contribution in [0.1, 0.15) is 65.2 Å². The molecule has 0 aromatic rings. The highest BCUT2D eigenvalue weighted by molar-refractivity contribution is 5.40. The van der Waals surface area contributed by atoms with Gasteiger partial charge >= 0.3 is 0 Å². The molecule has 0 aromatic heterocycles. The van der Waals surface area contributed by atoms with Crippen LogP contribution in [0.5, 0.6) is 0 Å². The van der Waals surface area contributed by atoms with Crippen LogP contribution >= 0.6 is 0 Å². The summed E-state index contributed by atoms with van der Waals surface area (Å²) in [5.74, 6) is 10.1. The molecule has 0 saturated heterocycles. The van der Waals surface area contributed by atoms with Gasteiger partial charge in [-0.1, -0.05) is 43.4 Å². The Balaban J connectivity index is 1.58. The fraction of sp³-hybridized carbons (Fsp3) is 0.727. The third kappa shape index (κ3) is 2.42. The minimum absolute atomic E-state index is 0.171. The van der Waals surface area contributed by atoms with Crippen LogP contribution in [0, 0.1) is 40.9 Å². The lowest BCUT2D eigenvalue weighted by molar-refractivity contribution is 0.00628. The molecule has 0 radical (unpaired) electrons. The molecule has 1 heteroatoms. The van der Waals surface area contributed by atoms with Crippen molar-refractivity contribution in [2.45, 2.75) is 71.3 Å². The summed E-state index contributed by atoms with van der Waals surface area (Å²) in [6.45, 7) is 4.64. The van der Waals surface area contributed by atoms with Crippen molar-refractivity contribution >= 4 is 0 Å². The van der Waals surface area contributed by atoms with E-state index in [4.69, 9.17) is 0 Å². The molecule has 0 spiro atoms. The Hall–Kier alpha value is -1.00. The zero-order valence-corrected chi connectivity index (χ0v) is 14.6. The molecule has 0 aromatic carbocycles. The summed E-state index contributed by atoms with van der Waals surface area (Å²) in [6, 6.07) is 0. The average Bonchev–Trinajstić information content (AvgIpc) is 2.89. The first-order chi connectivity index (χ1) is 11.1. The minimum atomic E-state index is -0.171. The molecule has 0 amide bonds. The van der Waals surface area contributed by atoms with Gasteiger partial charge in [-0.3, -0.25) is 0 Å². The van der Waals surface area contributed by atoms with Crippen molar-refractivity contribution in [3.63, 3.8) is 0 Å². The Morgan fingerprint density at radius 2 is 2.09 bits per heavy atom. The van der Waals surface area contributed by atoms with Crippen LogP contribution in [0.3, 0.4) is 0 Å². The number of hydrogen-bond acceptors (Lipinski definition) is 1. The summed E-state index contributed by atoms with van der Waals surface area (Å²) in [5, 5.41) is 9.95. The van der Waals surface area contributed by atoms with Gasteiger partial charge in [0.05, 0.1) is 6.10 Å². The van der Waals surface area contributed by atoms with Gasteiger partial charge in [0.25, 0.3) is 0 Å². The molecular formula is C22H30O. The summed E-state index contributed by atoms with van der Waals surface area (Å²) in [4.78, 5) is 0. The summed E-state index contributed by atoms with van der Waals surface area (Å²) in [7, 11) is 0. The standard InChI is InChI=1S/C22H30O/c1-3-4-5-16-7-11-21-20-9-6-15-14-17(23)8-10-18(15)19(20)12-13-22(16,21)2/h7,14,17-21,23H,3,6,8-13H2,1-2H3. The Kier molecular flexibility index (Phi) is 3.93. The molecule has 6 atom stereocenters. The second-order valence-corrected chi connectivity index (χ2v) is 8.43. The number of allylic oxidation sites excluding steroid dienone is 3. The molecule has 2 saturated carbocycles. The van der Waals surface area contributed by atoms with Crippen LogP contribution in [0.25, 0.3) is 0 Å². The van der Waals surface area contributed by atoms with Crippen LogP contribution in [0.15, 0.2) is 23.3 Å². The van der Waals surface area contributed by atoms with Gasteiger partial charge < -0.3 is 5.11 Å². The second-order valence-electron chi connectivity index (χ2n) is 8.43. The number of aliphatic hydroxyl groups is 1. The quantitative estimate of drug-likeness (QED) is 0.500. The molecule has 0 bridgehead atoms. The molecule has 0 heterocycles. The van der Waals surface area contributed by atoms with E-state index < -0.39 is 0 Å². The van der Waals surface area contributed by atoms with Crippen molar-refractivity contribution in [1.29, 1.82) is 0 Å². The van der Waals surface area contributed by atoms with Crippen molar-refractivity contribution in [1.82, 2.24) is 0 Å². The van der Waals surface area contributed by atoms with E-state index >= 15 is 0 Å². The second kappa shape index (κ2) is 5.82. The maximum atomic E-state index is 9.95. The molecule has 124 valence electrons. The molecule has 2 fully saturated rings. The van der Waals surface area contributed by atoms with Gasteiger partial charge in [-0.2, -0.15) is 0 Å². The van der Waals surface area contributed by atoms with Gasteiger partial charge in [0.1, 0.15) is 0 Å². The monoisotopic (exact) mass is 310 g/mol. The van der Waals surface area contributed by atoms with Crippen LogP contribution in [0.2, 0.25) is 0 Å². The van der Waals surface area contributed by atoms with E-state index in [1.165, 1.54) is 44.1 Å². The molecule has 4 aliphatic carbocycles. The normalized spacial score (nSPS) is 44.9. The Labute approximate surface area is 141 Å². The fourth-order valence-electron chi connectivity index (χ4n) is 6.26. The highest BCUT2D eigenvalue weighted by atomic mass is 16.3. The first kappa shape index (κ1) is 15.5. The van der Waals surface area contributed by atoms with E-state index in [0.717, 1.165) is 36.5 Å². The first-order valence-electron chi connectivity index (χ1n) is 9.71. The van der Waals surface area contributed by atoms with Crippen LogP contribution in [-0.4, -0.2) is 11.2 Å². The molecular weight excluding hydrogens is 280 g/mol. The van der Waals surface area contributed by atoms with Gasteiger partial charge in [-0.05, 0) is 68.6 Å². The molecule has 6 unspecified atom stereocenters. The predicted octanol–water partition coefficient (Wildman–Crippen LogP) is 4.87. The Morgan fingerprint density at radius 1 is 1.22 bits per heavy atom. The van der Waals surface area contributed by atoms with E-state index in [9.17, 15) is 5.11 Å². The van der Waals surface area contributed by atoms with Crippen molar-refractivity contribution < 1.29 is 5.11 Å². The highest BCUT2D eigenvalue weighted by Crippen LogP contribution is 2.61. The molecule has 4 rings (SSSR count). The summed E-state index contributed by atoms with van der Waals surface area (Å²) < 4.78 is 0. The SMILES string of the molecule is CCC#CC1=CCC2C3CCC4=CC(O)CCC4C3CCC12C. The topological polar surface area (TPSA) is 20.2 Å². The summed E-state index contributed by atoms with van der Waals surface area (Å²) in [5.41, 5.74) is 3.38. The van der Waals surface area contributed by atoms with Gasteiger partial charge in [0, 0.05) is 17.4 Å². The van der Waals surface area contributed by atoms with Crippen molar-refractivity contribution in [3.8, 4) is 11.8 Å². The molecule has 0 aliphatic heterocycles. The van der Waals surface area contributed by atoms with Crippen LogP contribution in [-0.2, 0) is 0 Å². The van der Waals surface area contributed by atoms with E-state index in [1.807, 2.05) is 0 Å². The molecule has 1 nitrogen and oxygen atoms in total. The highest BCUT2D eigenvalue weighted by Gasteiger charge is 2.53. The summed E-state index contributed by atoms with van der Waals surface area (Å²) >= 11 is 0. The van der Waals surface area contributed by atoms with Gasteiger partial charge in [0.15, 0.2) is 0 Å². The van der Waals surface area contributed by atoms with Crippen molar-refractivity contribution in [2.24, 2.45) is 29.1 Å². The van der Waals surface area contributed by atoms with E-state index in [1.54, 1.807) is 5.57 Å². The lowest BCUT2D eigenvalue weighted by Crippen LogP contribution is -2.45. The molecule has 4 aliphatic rings. The maximum absolute atomic E-state index is 9.95. The van der Waals surface area contributed by atoms with Crippen LogP contribution in [0.4, 0.5) is 0 Å². The van der Waals surface area contributed by atoms with Crippen LogP contribution < -0.4 is 0 Å². The average molecular weight is 310 g/mol. The summed E-state index contributed by atoms with van der Waals surface area (Å²) in [6.07, 6.45) is 14.1. The largest absolute Gasteiger partial charge is 0.389 e. The number of hydrogen-bond donors (Lipinski definition) is 1. The third-order valence-electron chi connectivity index (χ3n) is 7.41. The Morgan fingerprint density at radius 3 is 2.91 bits per heavy atom. The third-order valence-corrected chi connectivity index (χ3v) is 7.41. The van der Waals surface area contributed by atoms with Crippen molar-refractivity contribution in [2.75, 3.05) is 0 Å². The minimum Gasteiger partial charge on any atom is -0.389 e. The van der Waals surface area contributed by atoms with Gasteiger partial charge in [-0.15, -0.1) is 0 Å². The van der Waals surface area contributed by atoms with E-state index in [2.05, 4.69) is 37.8 Å². The number of aliphatic hydroxyl groups excluding tert-OH is 1. The number of fused-ring (bicyclic) bond motifs is 5. The fourth-order valence-corrected chi connectivity index (χ4v) is 6.26. The zero-order chi connectivity index (χ0) is 16.0. The molecule has 23 heavy (non-hydrogen) atoms. The Bertz CT molecular complexity index is 601. The smallest absolute Gasteiger partial charge is 0.0723 e. The molecule has 1 N–H and O–H groups in total. The van der Waals surface area contributed by atoms with E-state index in [-0.39, 0.29) is 6.10 Å². The van der Waals surface area contributed by atoms with E-state index in [0.29, 0.717) is 5.41 Å². The van der Waals surface area contributed by atoms with Gasteiger partial charge in [0.2, 0.25) is 0 Å². The van der Waals surface area contributed by atoms with Crippen molar-refractivity contribution in [3.05, 3.63) is 23.3 Å². The van der Waals surface area contributed by atoms with Gasteiger partial charge in [-0.25, -0.2) is 0 Å². The lowest BCUT2D eigenvalue weighted by Gasteiger charge is -2.53. The number of rotatable bonds is 0. The maximum Gasteiger partial charge on any atom is 0.0723 e.